The fourth-order valence-corrected chi connectivity index (χ4v) is 7.58. The highest BCUT2D eigenvalue weighted by molar-refractivity contribution is 8.16. The van der Waals surface area contributed by atoms with Gasteiger partial charge in [0, 0.05) is 16.0 Å². The van der Waals surface area contributed by atoms with E-state index in [1.165, 1.54) is 17.8 Å². The first kappa shape index (κ1) is 20.4. The molecule has 9 heteroatoms. The third kappa shape index (κ3) is 4.34. The molecule has 2 aliphatic rings. The minimum Gasteiger partial charge on any atom is -0.315 e. The van der Waals surface area contributed by atoms with Crippen molar-refractivity contribution < 1.29 is 17.6 Å². The number of halogens is 2. The van der Waals surface area contributed by atoms with Crippen LogP contribution in [0, 0.1) is 12.7 Å². The topological polar surface area (TPSA) is 66.8 Å². The fraction of sp³-hybridized carbons (Fsp3) is 0.300. The van der Waals surface area contributed by atoms with Crippen LogP contribution >= 0.6 is 23.4 Å². The number of rotatable bonds is 3. The number of sulfone groups is 1. The maximum atomic E-state index is 14.2. The van der Waals surface area contributed by atoms with Crippen molar-refractivity contribution in [2.75, 3.05) is 16.4 Å². The van der Waals surface area contributed by atoms with E-state index >= 15 is 0 Å². The first-order chi connectivity index (χ1) is 13.7. The Labute approximate surface area is 177 Å². The van der Waals surface area contributed by atoms with E-state index < -0.39 is 9.84 Å². The minimum absolute atomic E-state index is 0.0254. The number of aryl methyl sites for hydroxylation is 1. The molecule has 0 aliphatic carbocycles. The summed E-state index contributed by atoms with van der Waals surface area (Å²) in [6.07, 6.45) is 0.102. The van der Waals surface area contributed by atoms with E-state index in [0.717, 1.165) is 5.56 Å². The van der Waals surface area contributed by atoms with Crippen molar-refractivity contribution >= 4 is 50.0 Å². The fourth-order valence-electron chi connectivity index (χ4n) is 3.52. The standard InChI is InChI=1S/C20H18ClFN2O3S2/c1-12-2-7-15(9-16(12)22)24-17-10-29(26,27)11-18(17)28-20(24)23-19(25)8-13-3-5-14(21)6-4-13/h2-7,9,17-18H,8,10-11H2,1H3/t17-,18-/m1/s1. The van der Waals surface area contributed by atoms with Gasteiger partial charge < -0.3 is 4.90 Å². The van der Waals surface area contributed by atoms with E-state index in [1.54, 1.807) is 48.2 Å². The van der Waals surface area contributed by atoms with Crippen LogP contribution in [-0.4, -0.2) is 42.3 Å². The molecule has 5 nitrogen and oxygen atoms in total. The lowest BCUT2D eigenvalue weighted by Gasteiger charge is -2.24. The number of hydrogen-bond acceptors (Lipinski definition) is 4. The van der Waals surface area contributed by atoms with Crippen molar-refractivity contribution in [1.82, 2.24) is 0 Å². The predicted molar refractivity (Wildman–Crippen MR) is 115 cm³/mol. The molecule has 2 heterocycles. The second-order valence-electron chi connectivity index (χ2n) is 7.20. The third-order valence-corrected chi connectivity index (χ3v) is 8.45. The largest absolute Gasteiger partial charge is 0.315 e. The third-order valence-electron chi connectivity index (χ3n) is 4.99. The molecule has 2 atom stereocenters. The van der Waals surface area contributed by atoms with E-state index in [9.17, 15) is 17.6 Å². The van der Waals surface area contributed by atoms with Gasteiger partial charge in [0.05, 0.1) is 24.0 Å². The number of nitrogens with zero attached hydrogens (tertiary/aromatic N) is 2. The molecule has 0 saturated carbocycles. The molecule has 29 heavy (non-hydrogen) atoms. The number of hydrogen-bond donors (Lipinski definition) is 0. The van der Waals surface area contributed by atoms with E-state index in [-0.39, 0.29) is 40.9 Å². The molecule has 1 amide bonds. The molecular weight excluding hydrogens is 435 g/mol. The van der Waals surface area contributed by atoms with Gasteiger partial charge in [-0.3, -0.25) is 4.79 Å². The zero-order valence-electron chi connectivity index (χ0n) is 15.5. The Morgan fingerprint density at radius 2 is 1.97 bits per heavy atom. The van der Waals surface area contributed by atoms with Crippen LogP contribution in [0.15, 0.2) is 47.5 Å². The highest BCUT2D eigenvalue weighted by Crippen LogP contribution is 2.41. The summed E-state index contributed by atoms with van der Waals surface area (Å²) in [7, 11) is -3.18. The zero-order chi connectivity index (χ0) is 20.8. The Kier molecular flexibility index (Phi) is 5.44. The maximum absolute atomic E-state index is 14.2. The van der Waals surface area contributed by atoms with Gasteiger partial charge in [0.25, 0.3) is 5.91 Å². The quantitative estimate of drug-likeness (QED) is 0.711. The summed E-state index contributed by atoms with van der Waals surface area (Å²) in [5, 5.41) is 0.768. The zero-order valence-corrected chi connectivity index (χ0v) is 17.9. The SMILES string of the molecule is Cc1ccc(N2C(=NC(=O)Cc3ccc(Cl)cc3)S[C@@H]3CS(=O)(=O)C[C@H]32)cc1F. The number of fused-ring (bicyclic) bond motifs is 1. The number of carbonyl (C=O) groups excluding carboxylic acids is 1. The number of aliphatic imine (C=N–C) groups is 1. The highest BCUT2D eigenvalue weighted by atomic mass is 35.5. The van der Waals surface area contributed by atoms with Gasteiger partial charge in [-0.2, -0.15) is 4.99 Å². The average molecular weight is 453 g/mol. The molecule has 0 radical (unpaired) electrons. The molecule has 0 spiro atoms. The molecule has 2 fully saturated rings. The Morgan fingerprint density at radius 1 is 1.24 bits per heavy atom. The summed E-state index contributed by atoms with van der Waals surface area (Å²) in [5.74, 6) is -0.749. The van der Waals surface area contributed by atoms with Crippen molar-refractivity contribution in [3.8, 4) is 0 Å². The van der Waals surface area contributed by atoms with Crippen molar-refractivity contribution in [2.24, 2.45) is 4.99 Å². The number of amidine groups is 1. The average Bonchev–Trinajstić information content (AvgIpc) is 3.10. The van der Waals surface area contributed by atoms with E-state index in [2.05, 4.69) is 4.99 Å². The normalized spacial score (nSPS) is 24.1. The van der Waals surface area contributed by atoms with Gasteiger partial charge >= 0.3 is 0 Å². The van der Waals surface area contributed by atoms with Gasteiger partial charge in [0.2, 0.25) is 0 Å². The summed E-state index contributed by atoms with van der Waals surface area (Å²) in [6, 6.07) is 11.3. The molecule has 0 unspecified atom stereocenters. The van der Waals surface area contributed by atoms with Crippen LogP contribution in [0.4, 0.5) is 10.1 Å². The van der Waals surface area contributed by atoms with E-state index in [4.69, 9.17) is 11.6 Å². The van der Waals surface area contributed by atoms with Gasteiger partial charge in [0.1, 0.15) is 5.82 Å². The predicted octanol–water partition coefficient (Wildman–Crippen LogP) is 3.63. The molecular formula is C20H18ClFN2O3S2. The molecule has 0 aromatic heterocycles. The molecule has 2 aromatic carbocycles. The number of anilines is 1. The minimum atomic E-state index is -3.18. The highest BCUT2D eigenvalue weighted by Gasteiger charge is 2.49. The molecule has 2 aliphatic heterocycles. The molecule has 2 saturated heterocycles. The van der Waals surface area contributed by atoms with Gasteiger partial charge in [-0.05, 0) is 42.3 Å². The lowest BCUT2D eigenvalue weighted by molar-refractivity contribution is -0.117. The van der Waals surface area contributed by atoms with Gasteiger partial charge in [-0.15, -0.1) is 0 Å². The van der Waals surface area contributed by atoms with Crippen LogP contribution in [-0.2, 0) is 21.1 Å². The molecule has 4 rings (SSSR count). The number of benzene rings is 2. The first-order valence-electron chi connectivity index (χ1n) is 9.00. The van der Waals surface area contributed by atoms with Gasteiger partial charge in [0.15, 0.2) is 15.0 Å². The van der Waals surface area contributed by atoms with Crippen molar-refractivity contribution in [3.63, 3.8) is 0 Å². The smallest absolute Gasteiger partial charge is 0.252 e. The van der Waals surface area contributed by atoms with Crippen LogP contribution < -0.4 is 4.90 Å². The first-order valence-corrected chi connectivity index (χ1v) is 12.1. The Morgan fingerprint density at radius 3 is 2.66 bits per heavy atom. The van der Waals surface area contributed by atoms with Gasteiger partial charge in [-0.25, -0.2) is 12.8 Å². The number of thioether (sulfide) groups is 1. The molecule has 152 valence electrons. The second-order valence-corrected chi connectivity index (χ2v) is 11.0. The summed E-state index contributed by atoms with van der Waals surface area (Å²) in [5.41, 5.74) is 1.78. The van der Waals surface area contributed by atoms with Crippen LogP contribution in [0.1, 0.15) is 11.1 Å². The monoisotopic (exact) mass is 452 g/mol. The number of carbonyl (C=O) groups is 1. The van der Waals surface area contributed by atoms with Crippen LogP contribution in [0.2, 0.25) is 5.02 Å². The van der Waals surface area contributed by atoms with Crippen molar-refractivity contribution in [3.05, 3.63) is 64.4 Å². The molecule has 0 bridgehead atoms. The summed E-state index contributed by atoms with van der Waals surface area (Å²) in [6.45, 7) is 1.66. The second kappa shape index (κ2) is 7.74. The van der Waals surface area contributed by atoms with Crippen LogP contribution in [0.5, 0.6) is 0 Å². The lowest BCUT2D eigenvalue weighted by Crippen LogP contribution is -2.37. The summed E-state index contributed by atoms with van der Waals surface area (Å²) in [4.78, 5) is 18.5. The summed E-state index contributed by atoms with van der Waals surface area (Å²) >= 11 is 7.14. The Hall–Kier alpha value is -1.90. The Balaban J connectivity index is 1.65. The van der Waals surface area contributed by atoms with Gasteiger partial charge in [-0.1, -0.05) is 41.6 Å². The molecule has 2 aromatic rings. The number of amides is 1. The molecule has 0 N–H and O–H groups in total. The van der Waals surface area contributed by atoms with Crippen molar-refractivity contribution in [2.45, 2.75) is 24.6 Å². The van der Waals surface area contributed by atoms with E-state index in [0.29, 0.717) is 21.4 Å². The lowest BCUT2D eigenvalue weighted by atomic mass is 10.1. The van der Waals surface area contributed by atoms with Crippen LogP contribution in [0.3, 0.4) is 0 Å². The van der Waals surface area contributed by atoms with E-state index in [1.807, 2.05) is 0 Å². The van der Waals surface area contributed by atoms with Crippen molar-refractivity contribution in [1.29, 1.82) is 0 Å². The maximum Gasteiger partial charge on any atom is 0.252 e. The Bertz CT molecular complexity index is 1100. The summed E-state index contributed by atoms with van der Waals surface area (Å²) < 4.78 is 38.4. The van der Waals surface area contributed by atoms with Crippen LogP contribution in [0.25, 0.3) is 0 Å².